The van der Waals surface area contributed by atoms with Crippen LogP contribution in [0.2, 0.25) is 5.02 Å². The number of aromatic nitrogens is 1. The first-order valence-electron chi connectivity index (χ1n) is 5.18. The molecule has 2 aromatic rings. The highest BCUT2D eigenvalue weighted by Gasteiger charge is 2.08. The maximum atomic E-state index is 6.08. The molecule has 1 heterocycles. The van der Waals surface area contributed by atoms with E-state index in [1.165, 1.54) is 0 Å². The van der Waals surface area contributed by atoms with Crippen LogP contribution in [0.25, 0.3) is 11.3 Å². The molecule has 3 nitrogen and oxygen atoms in total. The predicted octanol–water partition coefficient (Wildman–Crippen LogP) is 3.30. The monoisotopic (exact) mass is 248 g/mol. The van der Waals surface area contributed by atoms with Gasteiger partial charge in [0.1, 0.15) is 5.75 Å². The standard InChI is InChI=1S/C13H13ClN2O/c1-8-5-6-16-13(12(8)15)9-3-4-11(17-2)10(14)7-9/h3-7H,15H2,1-2H3. The molecule has 1 aromatic heterocycles. The van der Waals surface area contributed by atoms with Gasteiger partial charge in [-0.1, -0.05) is 11.6 Å². The minimum atomic E-state index is 0.549. The Balaban J connectivity index is 2.54. The van der Waals surface area contributed by atoms with Gasteiger partial charge in [0.15, 0.2) is 0 Å². The van der Waals surface area contributed by atoms with E-state index in [0.29, 0.717) is 16.5 Å². The van der Waals surface area contributed by atoms with Crippen molar-refractivity contribution in [1.82, 2.24) is 4.98 Å². The van der Waals surface area contributed by atoms with E-state index in [2.05, 4.69) is 4.98 Å². The Hall–Kier alpha value is -1.74. The van der Waals surface area contributed by atoms with Gasteiger partial charge in [0.2, 0.25) is 0 Å². The van der Waals surface area contributed by atoms with E-state index in [1.54, 1.807) is 25.4 Å². The van der Waals surface area contributed by atoms with Crippen LogP contribution in [0.15, 0.2) is 30.5 Å². The van der Waals surface area contributed by atoms with Crippen molar-refractivity contribution in [1.29, 1.82) is 0 Å². The first-order valence-corrected chi connectivity index (χ1v) is 5.56. The van der Waals surface area contributed by atoms with Crippen molar-refractivity contribution in [3.63, 3.8) is 0 Å². The van der Waals surface area contributed by atoms with Crippen LogP contribution in [0.4, 0.5) is 5.69 Å². The molecule has 0 unspecified atom stereocenters. The molecule has 0 saturated heterocycles. The number of rotatable bonds is 2. The Morgan fingerprint density at radius 1 is 1.29 bits per heavy atom. The Labute approximate surface area is 105 Å². The van der Waals surface area contributed by atoms with Crippen LogP contribution >= 0.6 is 11.6 Å². The molecule has 1 aromatic carbocycles. The number of hydrogen-bond donors (Lipinski definition) is 1. The third-order valence-corrected chi connectivity index (χ3v) is 2.93. The average molecular weight is 249 g/mol. The number of nitrogens with two attached hydrogens (primary N) is 1. The van der Waals surface area contributed by atoms with E-state index in [-0.39, 0.29) is 0 Å². The van der Waals surface area contributed by atoms with E-state index < -0.39 is 0 Å². The maximum absolute atomic E-state index is 6.08. The number of nitrogen functional groups attached to an aromatic ring is 1. The molecule has 17 heavy (non-hydrogen) atoms. The van der Waals surface area contributed by atoms with Crippen LogP contribution in [-0.4, -0.2) is 12.1 Å². The van der Waals surface area contributed by atoms with Crippen molar-refractivity contribution in [2.45, 2.75) is 6.92 Å². The molecule has 0 aliphatic carbocycles. The highest BCUT2D eigenvalue weighted by Crippen LogP contribution is 2.32. The molecular formula is C13H13ClN2O. The van der Waals surface area contributed by atoms with Crippen LogP contribution in [-0.2, 0) is 0 Å². The molecule has 2 N–H and O–H groups in total. The number of halogens is 1. The molecule has 88 valence electrons. The van der Waals surface area contributed by atoms with E-state index in [0.717, 1.165) is 16.8 Å². The smallest absolute Gasteiger partial charge is 0.137 e. The van der Waals surface area contributed by atoms with Gasteiger partial charge in [0.05, 0.1) is 23.5 Å². The van der Waals surface area contributed by atoms with Gasteiger partial charge in [0.25, 0.3) is 0 Å². The normalized spacial score (nSPS) is 10.3. The molecule has 0 atom stereocenters. The number of ether oxygens (including phenoxy) is 1. The number of pyridine rings is 1. The average Bonchev–Trinajstić information content (AvgIpc) is 2.32. The topological polar surface area (TPSA) is 48.1 Å². The summed E-state index contributed by atoms with van der Waals surface area (Å²) in [6.07, 6.45) is 1.74. The molecule has 0 aliphatic rings. The second-order valence-electron chi connectivity index (χ2n) is 3.74. The molecule has 0 radical (unpaired) electrons. The lowest BCUT2D eigenvalue weighted by molar-refractivity contribution is 0.415. The summed E-state index contributed by atoms with van der Waals surface area (Å²) in [5, 5.41) is 0.549. The molecule has 2 rings (SSSR count). The lowest BCUT2D eigenvalue weighted by Gasteiger charge is -2.09. The molecule has 0 bridgehead atoms. The van der Waals surface area contributed by atoms with Crippen LogP contribution in [0.1, 0.15) is 5.56 Å². The fraction of sp³-hybridized carbons (Fsp3) is 0.154. The van der Waals surface area contributed by atoms with Crippen LogP contribution in [0.5, 0.6) is 5.75 Å². The highest BCUT2D eigenvalue weighted by atomic mass is 35.5. The lowest BCUT2D eigenvalue weighted by atomic mass is 10.1. The fourth-order valence-corrected chi connectivity index (χ4v) is 1.87. The van der Waals surface area contributed by atoms with Gasteiger partial charge in [-0.2, -0.15) is 0 Å². The fourth-order valence-electron chi connectivity index (χ4n) is 1.61. The second kappa shape index (κ2) is 4.63. The number of anilines is 1. The Morgan fingerprint density at radius 2 is 2.06 bits per heavy atom. The van der Waals surface area contributed by atoms with Crippen molar-refractivity contribution in [2.75, 3.05) is 12.8 Å². The molecule has 0 fully saturated rings. The zero-order valence-corrected chi connectivity index (χ0v) is 10.5. The first-order chi connectivity index (χ1) is 8.13. The van der Waals surface area contributed by atoms with E-state index in [9.17, 15) is 0 Å². The zero-order chi connectivity index (χ0) is 12.4. The third kappa shape index (κ3) is 2.19. The lowest BCUT2D eigenvalue weighted by Crippen LogP contribution is -1.96. The Kier molecular flexibility index (Phi) is 3.20. The summed E-state index contributed by atoms with van der Waals surface area (Å²) in [4.78, 5) is 4.28. The summed E-state index contributed by atoms with van der Waals surface area (Å²) in [6, 6.07) is 7.38. The van der Waals surface area contributed by atoms with Crippen molar-refractivity contribution in [2.24, 2.45) is 0 Å². The SMILES string of the molecule is COc1ccc(-c2nccc(C)c2N)cc1Cl. The predicted molar refractivity (Wildman–Crippen MR) is 70.4 cm³/mol. The first kappa shape index (κ1) is 11.7. The van der Waals surface area contributed by atoms with E-state index in [1.807, 2.05) is 19.1 Å². The minimum absolute atomic E-state index is 0.549. The van der Waals surface area contributed by atoms with Gasteiger partial charge < -0.3 is 10.5 Å². The molecule has 4 heteroatoms. The second-order valence-corrected chi connectivity index (χ2v) is 4.15. The minimum Gasteiger partial charge on any atom is -0.495 e. The van der Waals surface area contributed by atoms with Crippen molar-refractivity contribution < 1.29 is 4.74 Å². The number of nitrogens with zero attached hydrogens (tertiary/aromatic N) is 1. The molecule has 0 saturated carbocycles. The summed E-state index contributed by atoms with van der Waals surface area (Å²) < 4.78 is 5.11. The highest BCUT2D eigenvalue weighted by molar-refractivity contribution is 6.32. The van der Waals surface area contributed by atoms with E-state index >= 15 is 0 Å². The number of hydrogen-bond acceptors (Lipinski definition) is 3. The molecule has 0 amide bonds. The summed E-state index contributed by atoms with van der Waals surface area (Å²) in [7, 11) is 1.58. The molecule has 0 aliphatic heterocycles. The number of aryl methyl sites for hydroxylation is 1. The van der Waals surface area contributed by atoms with Gasteiger partial charge in [-0.05, 0) is 36.8 Å². The van der Waals surface area contributed by atoms with Crippen LogP contribution < -0.4 is 10.5 Å². The van der Waals surface area contributed by atoms with Gasteiger partial charge in [-0.15, -0.1) is 0 Å². The van der Waals surface area contributed by atoms with Crippen molar-refractivity contribution in [3.05, 3.63) is 41.0 Å². The van der Waals surface area contributed by atoms with Crippen LogP contribution in [0.3, 0.4) is 0 Å². The number of methoxy groups -OCH3 is 1. The molecule has 0 spiro atoms. The summed E-state index contributed by atoms with van der Waals surface area (Å²) in [5.74, 6) is 0.640. The largest absolute Gasteiger partial charge is 0.495 e. The maximum Gasteiger partial charge on any atom is 0.137 e. The van der Waals surface area contributed by atoms with Gasteiger partial charge in [-0.3, -0.25) is 4.98 Å². The summed E-state index contributed by atoms with van der Waals surface area (Å²) in [5.41, 5.74) is 9.31. The van der Waals surface area contributed by atoms with Crippen molar-refractivity contribution in [3.8, 4) is 17.0 Å². The summed E-state index contributed by atoms with van der Waals surface area (Å²) in [6.45, 7) is 1.95. The van der Waals surface area contributed by atoms with Gasteiger partial charge >= 0.3 is 0 Å². The Bertz CT molecular complexity index is 555. The quantitative estimate of drug-likeness (QED) is 0.887. The van der Waals surface area contributed by atoms with E-state index in [4.69, 9.17) is 22.1 Å². The zero-order valence-electron chi connectivity index (χ0n) is 9.70. The van der Waals surface area contributed by atoms with Gasteiger partial charge in [-0.25, -0.2) is 0 Å². The van der Waals surface area contributed by atoms with Gasteiger partial charge in [0, 0.05) is 11.8 Å². The number of benzene rings is 1. The third-order valence-electron chi connectivity index (χ3n) is 2.63. The summed E-state index contributed by atoms with van der Waals surface area (Å²) >= 11 is 6.08. The van der Waals surface area contributed by atoms with Crippen molar-refractivity contribution >= 4 is 17.3 Å². The van der Waals surface area contributed by atoms with Crippen LogP contribution in [0, 0.1) is 6.92 Å². The molecular weight excluding hydrogens is 236 g/mol. The Morgan fingerprint density at radius 3 is 2.71 bits per heavy atom.